The van der Waals surface area contributed by atoms with Crippen LogP contribution in [0.4, 0.5) is 11.4 Å². The summed E-state index contributed by atoms with van der Waals surface area (Å²) in [4.78, 5) is 28.5. The van der Waals surface area contributed by atoms with Crippen LogP contribution in [0.5, 0.6) is 0 Å². The third kappa shape index (κ3) is 2.90. The van der Waals surface area contributed by atoms with Crippen molar-refractivity contribution in [2.24, 2.45) is 5.18 Å². The van der Waals surface area contributed by atoms with E-state index in [1.54, 1.807) is 12.4 Å². The van der Waals surface area contributed by atoms with Crippen molar-refractivity contribution in [2.45, 2.75) is 38.6 Å². The van der Waals surface area contributed by atoms with Crippen molar-refractivity contribution in [3.63, 3.8) is 0 Å². The Labute approximate surface area is 155 Å². The molecule has 0 radical (unpaired) electrons. The minimum atomic E-state index is -0.228. The number of nitrogens with one attached hydrogen (secondary N) is 1. The van der Waals surface area contributed by atoms with Crippen molar-refractivity contribution in [2.75, 3.05) is 5.32 Å². The topological polar surface area (TPSA) is 71.4 Å². The van der Waals surface area contributed by atoms with Crippen molar-refractivity contribution >= 4 is 38.6 Å². The van der Waals surface area contributed by atoms with Gasteiger partial charge < -0.3 is 5.32 Å². The Balaban J connectivity index is 1.74. The fourth-order valence-electron chi connectivity index (χ4n) is 3.54. The SMILES string of the molecule is CCCC(=O)c1sc2cnccc2c1Nc1ccc2c(c1)CCC2N=O. The minimum absolute atomic E-state index is 0.155. The Morgan fingerprint density at radius 2 is 2.27 bits per heavy atom. The van der Waals surface area contributed by atoms with Crippen molar-refractivity contribution < 1.29 is 4.79 Å². The number of hydrogen-bond acceptors (Lipinski definition) is 6. The first kappa shape index (κ1) is 16.8. The molecule has 5 nitrogen and oxygen atoms in total. The number of nitroso groups, excluding NO2 is 1. The van der Waals surface area contributed by atoms with E-state index < -0.39 is 0 Å². The highest BCUT2D eigenvalue weighted by atomic mass is 32.1. The molecule has 1 aliphatic carbocycles. The normalized spacial score (nSPS) is 15.8. The number of rotatable bonds is 6. The predicted octanol–water partition coefficient (Wildman–Crippen LogP) is 5.78. The van der Waals surface area contributed by atoms with Gasteiger partial charge in [-0.1, -0.05) is 18.2 Å². The van der Waals surface area contributed by atoms with E-state index >= 15 is 0 Å². The number of aromatic nitrogens is 1. The Kier molecular flexibility index (Phi) is 4.51. The van der Waals surface area contributed by atoms with Gasteiger partial charge in [-0.15, -0.1) is 11.3 Å². The highest BCUT2D eigenvalue weighted by Gasteiger charge is 2.24. The number of pyridine rings is 1. The van der Waals surface area contributed by atoms with Crippen molar-refractivity contribution in [1.82, 2.24) is 4.98 Å². The van der Waals surface area contributed by atoms with Crippen LogP contribution in [0.1, 0.15) is 53.0 Å². The van der Waals surface area contributed by atoms with E-state index in [-0.39, 0.29) is 11.8 Å². The molecule has 0 aliphatic heterocycles. The monoisotopic (exact) mass is 365 g/mol. The Hall–Kier alpha value is -2.60. The molecule has 1 N–H and O–H groups in total. The fraction of sp³-hybridized carbons (Fsp3) is 0.300. The minimum Gasteiger partial charge on any atom is -0.354 e. The molecule has 2 heterocycles. The Morgan fingerprint density at radius 1 is 1.38 bits per heavy atom. The molecular weight excluding hydrogens is 346 g/mol. The number of benzene rings is 1. The van der Waals surface area contributed by atoms with Crippen LogP contribution in [0.3, 0.4) is 0 Å². The summed E-state index contributed by atoms with van der Waals surface area (Å²) in [7, 11) is 0. The number of thiophene rings is 1. The molecule has 0 saturated carbocycles. The molecule has 0 spiro atoms. The van der Waals surface area contributed by atoms with Crippen LogP contribution in [0.25, 0.3) is 10.1 Å². The van der Waals surface area contributed by atoms with Crippen molar-refractivity contribution in [1.29, 1.82) is 0 Å². The molecule has 0 bridgehead atoms. The summed E-state index contributed by atoms with van der Waals surface area (Å²) in [6.07, 6.45) is 6.54. The molecule has 1 unspecified atom stereocenters. The van der Waals surface area contributed by atoms with Gasteiger partial charge in [-0.3, -0.25) is 9.78 Å². The van der Waals surface area contributed by atoms with Crippen LogP contribution in [0, 0.1) is 4.91 Å². The maximum atomic E-state index is 12.6. The number of aryl methyl sites for hydroxylation is 1. The van der Waals surface area contributed by atoms with Crippen LogP contribution in [-0.2, 0) is 6.42 Å². The molecule has 3 aromatic rings. The summed E-state index contributed by atoms with van der Waals surface area (Å²) in [6, 6.07) is 7.71. The lowest BCUT2D eigenvalue weighted by molar-refractivity contribution is 0.0986. The van der Waals surface area contributed by atoms with Gasteiger partial charge in [-0.05, 0) is 48.6 Å². The number of anilines is 2. The van der Waals surface area contributed by atoms with Gasteiger partial charge in [0.1, 0.15) is 6.04 Å². The summed E-state index contributed by atoms with van der Waals surface area (Å²) in [5.74, 6) is 0.155. The van der Waals surface area contributed by atoms with Gasteiger partial charge >= 0.3 is 0 Å². The molecule has 132 valence electrons. The molecule has 0 fully saturated rings. The molecule has 2 aromatic heterocycles. The second kappa shape index (κ2) is 6.96. The van der Waals surface area contributed by atoms with Gasteiger partial charge in [-0.25, -0.2) is 0 Å². The average Bonchev–Trinajstić information content (AvgIpc) is 3.23. The van der Waals surface area contributed by atoms with Gasteiger partial charge in [0.25, 0.3) is 0 Å². The zero-order chi connectivity index (χ0) is 18.1. The summed E-state index contributed by atoms with van der Waals surface area (Å²) in [6.45, 7) is 2.01. The summed E-state index contributed by atoms with van der Waals surface area (Å²) in [5.41, 5.74) is 3.96. The van der Waals surface area contributed by atoms with Crippen LogP contribution < -0.4 is 5.32 Å². The van der Waals surface area contributed by atoms with Gasteiger partial charge in [0.05, 0.1) is 15.3 Å². The van der Waals surface area contributed by atoms with Gasteiger partial charge in [0.15, 0.2) is 5.78 Å². The molecular formula is C20H19N3O2S. The van der Waals surface area contributed by atoms with Gasteiger partial charge in [0.2, 0.25) is 0 Å². The maximum absolute atomic E-state index is 12.6. The Bertz CT molecular complexity index is 996. The third-order valence-corrected chi connectivity index (χ3v) is 5.99. The first-order valence-electron chi connectivity index (χ1n) is 8.83. The maximum Gasteiger partial charge on any atom is 0.174 e. The number of Topliss-reactive ketones (excluding diaryl/α,β-unsaturated/α-hetero) is 1. The second-order valence-corrected chi connectivity index (χ2v) is 7.60. The lowest BCUT2D eigenvalue weighted by Crippen LogP contribution is -2.00. The molecule has 6 heteroatoms. The summed E-state index contributed by atoms with van der Waals surface area (Å²) >= 11 is 1.49. The van der Waals surface area contributed by atoms with E-state index in [0.29, 0.717) is 6.42 Å². The van der Waals surface area contributed by atoms with E-state index in [4.69, 9.17) is 0 Å². The second-order valence-electron chi connectivity index (χ2n) is 6.55. The third-order valence-electron chi connectivity index (χ3n) is 4.81. The first-order valence-corrected chi connectivity index (χ1v) is 9.65. The zero-order valence-corrected chi connectivity index (χ0v) is 15.3. The number of carbonyl (C=O) groups excluding carboxylic acids is 1. The van der Waals surface area contributed by atoms with E-state index in [2.05, 4.69) is 21.5 Å². The summed E-state index contributed by atoms with van der Waals surface area (Å²) in [5, 5.41) is 7.67. The molecule has 1 atom stereocenters. The molecule has 4 rings (SSSR count). The predicted molar refractivity (Wildman–Crippen MR) is 105 cm³/mol. The molecule has 0 amide bonds. The first-order chi connectivity index (χ1) is 12.7. The van der Waals surface area contributed by atoms with Crippen LogP contribution in [0.15, 0.2) is 41.8 Å². The average molecular weight is 365 g/mol. The highest BCUT2D eigenvalue weighted by Crippen LogP contribution is 2.40. The zero-order valence-electron chi connectivity index (χ0n) is 14.5. The van der Waals surface area contributed by atoms with E-state index in [1.165, 1.54) is 11.3 Å². The smallest absolute Gasteiger partial charge is 0.174 e. The highest BCUT2D eigenvalue weighted by molar-refractivity contribution is 7.21. The van der Waals surface area contributed by atoms with Gasteiger partial charge in [-0.2, -0.15) is 4.91 Å². The van der Waals surface area contributed by atoms with Crippen molar-refractivity contribution in [3.8, 4) is 0 Å². The lowest BCUT2D eigenvalue weighted by Gasteiger charge is -2.10. The number of fused-ring (bicyclic) bond motifs is 2. The molecule has 0 saturated heterocycles. The van der Waals surface area contributed by atoms with Crippen LogP contribution in [0.2, 0.25) is 0 Å². The van der Waals surface area contributed by atoms with E-state index in [1.807, 2.05) is 25.1 Å². The van der Waals surface area contributed by atoms with Crippen molar-refractivity contribution in [3.05, 3.63) is 57.6 Å². The largest absolute Gasteiger partial charge is 0.354 e. The number of carbonyl (C=O) groups is 1. The van der Waals surface area contributed by atoms with Crippen LogP contribution in [-0.4, -0.2) is 10.8 Å². The quantitative estimate of drug-likeness (QED) is 0.444. The van der Waals surface area contributed by atoms with Crippen LogP contribution >= 0.6 is 11.3 Å². The molecule has 26 heavy (non-hydrogen) atoms. The molecule has 1 aromatic carbocycles. The number of nitrogens with zero attached hydrogens (tertiary/aromatic N) is 2. The van der Waals surface area contributed by atoms with Gasteiger partial charge in [0, 0.05) is 29.9 Å². The number of hydrogen-bond donors (Lipinski definition) is 1. The Morgan fingerprint density at radius 3 is 3.08 bits per heavy atom. The lowest BCUT2D eigenvalue weighted by atomic mass is 10.1. The fourth-order valence-corrected chi connectivity index (χ4v) is 4.63. The molecule has 1 aliphatic rings. The van der Waals surface area contributed by atoms with E-state index in [0.717, 1.165) is 56.7 Å². The standard InChI is InChI=1S/C20H19N3O2S/c1-2-3-17(24)20-19(15-8-9-21-11-18(15)26-20)22-13-5-6-14-12(10-13)4-7-16(14)23-25/h5-6,8-11,16,22H,2-4,7H2,1H3. The van der Waals surface area contributed by atoms with E-state index in [9.17, 15) is 9.70 Å². The summed E-state index contributed by atoms with van der Waals surface area (Å²) < 4.78 is 1.00. The number of ketones is 1.